The highest BCUT2D eigenvalue weighted by atomic mass is 79.9. The third kappa shape index (κ3) is 3.38. The highest BCUT2D eigenvalue weighted by Crippen LogP contribution is 2.21. The third-order valence-electron chi connectivity index (χ3n) is 3.39. The van der Waals surface area contributed by atoms with Gasteiger partial charge in [-0.25, -0.2) is 9.37 Å². The molecule has 112 valence electrons. The van der Waals surface area contributed by atoms with E-state index < -0.39 is 0 Å². The minimum absolute atomic E-state index is 0.299. The molecular formula is C13H15BrFN5O. The van der Waals surface area contributed by atoms with Gasteiger partial charge in [-0.2, -0.15) is 4.98 Å². The van der Waals surface area contributed by atoms with Gasteiger partial charge in [-0.05, 0) is 22.0 Å². The molecule has 3 heterocycles. The summed E-state index contributed by atoms with van der Waals surface area (Å²) in [6.07, 6.45) is 1.62. The van der Waals surface area contributed by atoms with Crippen LogP contribution in [0.1, 0.15) is 11.7 Å². The largest absolute Gasteiger partial charge is 0.352 e. The van der Waals surface area contributed by atoms with E-state index in [1.54, 1.807) is 13.1 Å². The Hall–Kier alpha value is -1.54. The lowest BCUT2D eigenvalue weighted by molar-refractivity contribution is 0.239. The molecule has 0 spiro atoms. The Balaban J connectivity index is 1.59. The van der Waals surface area contributed by atoms with Crippen molar-refractivity contribution in [3.63, 3.8) is 0 Å². The zero-order chi connectivity index (χ0) is 14.8. The van der Waals surface area contributed by atoms with Crippen LogP contribution in [0, 0.1) is 12.7 Å². The normalized spacial score (nSPS) is 16.4. The van der Waals surface area contributed by atoms with Crippen molar-refractivity contribution in [2.45, 2.75) is 13.5 Å². The van der Waals surface area contributed by atoms with Crippen LogP contribution in [0.2, 0.25) is 0 Å². The first-order chi connectivity index (χ1) is 10.1. The van der Waals surface area contributed by atoms with E-state index in [0.717, 1.165) is 26.2 Å². The second kappa shape index (κ2) is 6.07. The summed E-state index contributed by atoms with van der Waals surface area (Å²) < 4.78 is 19.5. The number of halogens is 2. The summed E-state index contributed by atoms with van der Waals surface area (Å²) >= 11 is 3.22. The third-order valence-corrected chi connectivity index (χ3v) is 3.83. The minimum Gasteiger partial charge on any atom is -0.352 e. The van der Waals surface area contributed by atoms with Crippen molar-refractivity contribution in [3.8, 4) is 0 Å². The second-order valence-corrected chi connectivity index (χ2v) is 5.87. The molecule has 1 saturated heterocycles. The van der Waals surface area contributed by atoms with Gasteiger partial charge in [0.15, 0.2) is 17.5 Å². The van der Waals surface area contributed by atoms with Crippen molar-refractivity contribution in [1.82, 2.24) is 20.0 Å². The number of hydrogen-bond donors (Lipinski definition) is 0. The number of rotatable bonds is 3. The molecule has 0 unspecified atom stereocenters. The number of pyridine rings is 1. The van der Waals surface area contributed by atoms with E-state index in [1.807, 2.05) is 4.90 Å². The Morgan fingerprint density at radius 2 is 2.10 bits per heavy atom. The van der Waals surface area contributed by atoms with Gasteiger partial charge >= 0.3 is 0 Å². The number of aromatic nitrogens is 3. The molecule has 0 atom stereocenters. The maximum Gasteiger partial charge on any atom is 0.223 e. The van der Waals surface area contributed by atoms with Crippen molar-refractivity contribution < 1.29 is 8.91 Å². The van der Waals surface area contributed by atoms with Crippen molar-refractivity contribution in [1.29, 1.82) is 0 Å². The van der Waals surface area contributed by atoms with E-state index in [4.69, 9.17) is 4.52 Å². The Morgan fingerprint density at radius 1 is 1.33 bits per heavy atom. The SMILES string of the molecule is Cc1nc(CN2CCN(c3ncc(Br)cc3F)CC2)no1. The van der Waals surface area contributed by atoms with Gasteiger partial charge in [0.1, 0.15) is 0 Å². The average Bonchev–Trinajstić information content (AvgIpc) is 2.85. The molecular weight excluding hydrogens is 341 g/mol. The zero-order valence-corrected chi connectivity index (χ0v) is 13.2. The molecule has 2 aromatic rings. The first-order valence-corrected chi connectivity index (χ1v) is 7.48. The van der Waals surface area contributed by atoms with Crippen molar-refractivity contribution in [2.24, 2.45) is 0 Å². The predicted octanol–water partition coefficient (Wildman–Crippen LogP) is 2.00. The van der Waals surface area contributed by atoms with Crippen LogP contribution in [-0.2, 0) is 6.54 Å². The molecule has 21 heavy (non-hydrogen) atoms. The lowest BCUT2D eigenvalue weighted by Crippen LogP contribution is -2.46. The van der Waals surface area contributed by atoms with Gasteiger partial charge in [-0.1, -0.05) is 5.16 Å². The van der Waals surface area contributed by atoms with Crippen LogP contribution in [0.5, 0.6) is 0 Å². The standard InChI is InChI=1S/C13H15BrFN5O/c1-9-17-12(18-21-9)8-19-2-4-20(5-3-19)13-11(15)6-10(14)7-16-13/h6-7H,2-5,8H2,1H3. The molecule has 1 fully saturated rings. The maximum absolute atomic E-state index is 13.9. The maximum atomic E-state index is 13.9. The predicted molar refractivity (Wildman–Crippen MR) is 78.4 cm³/mol. The summed E-state index contributed by atoms with van der Waals surface area (Å²) in [7, 11) is 0. The fourth-order valence-electron chi connectivity index (χ4n) is 2.36. The van der Waals surface area contributed by atoms with Crippen LogP contribution in [-0.4, -0.2) is 46.2 Å². The molecule has 1 aliphatic heterocycles. The molecule has 0 amide bonds. The Bertz CT molecular complexity index is 627. The van der Waals surface area contributed by atoms with Crippen LogP contribution >= 0.6 is 15.9 Å². The van der Waals surface area contributed by atoms with Crippen LogP contribution in [0.15, 0.2) is 21.3 Å². The molecule has 0 radical (unpaired) electrons. The number of aryl methyl sites for hydroxylation is 1. The lowest BCUT2D eigenvalue weighted by Gasteiger charge is -2.34. The van der Waals surface area contributed by atoms with E-state index in [-0.39, 0.29) is 5.82 Å². The average molecular weight is 356 g/mol. The van der Waals surface area contributed by atoms with E-state index in [0.29, 0.717) is 28.6 Å². The van der Waals surface area contributed by atoms with Gasteiger partial charge in [0.2, 0.25) is 5.89 Å². The molecule has 0 aliphatic carbocycles. The summed E-state index contributed by atoms with van der Waals surface area (Å²) in [5.41, 5.74) is 0. The first-order valence-electron chi connectivity index (χ1n) is 6.69. The van der Waals surface area contributed by atoms with E-state index in [9.17, 15) is 4.39 Å². The fourth-order valence-corrected chi connectivity index (χ4v) is 2.67. The fraction of sp³-hybridized carbons (Fsp3) is 0.462. The monoisotopic (exact) mass is 355 g/mol. The zero-order valence-electron chi connectivity index (χ0n) is 11.6. The number of piperazine rings is 1. The van der Waals surface area contributed by atoms with Crippen LogP contribution in [0.3, 0.4) is 0 Å². The number of anilines is 1. The molecule has 0 bridgehead atoms. The highest BCUT2D eigenvalue weighted by Gasteiger charge is 2.21. The molecule has 0 N–H and O–H groups in total. The van der Waals surface area contributed by atoms with Crippen LogP contribution in [0.25, 0.3) is 0 Å². The van der Waals surface area contributed by atoms with Gasteiger partial charge in [0.05, 0.1) is 6.54 Å². The molecule has 2 aromatic heterocycles. The van der Waals surface area contributed by atoms with Crippen molar-refractivity contribution in [3.05, 3.63) is 34.3 Å². The van der Waals surface area contributed by atoms with Crippen LogP contribution in [0.4, 0.5) is 10.2 Å². The minimum atomic E-state index is -0.299. The Morgan fingerprint density at radius 3 is 2.71 bits per heavy atom. The Kier molecular flexibility index (Phi) is 4.16. The molecule has 0 saturated carbocycles. The van der Waals surface area contributed by atoms with Gasteiger partial charge in [0, 0.05) is 43.8 Å². The van der Waals surface area contributed by atoms with Gasteiger partial charge in [-0.3, -0.25) is 4.90 Å². The summed E-state index contributed by atoms with van der Waals surface area (Å²) in [6.45, 7) is 5.50. The van der Waals surface area contributed by atoms with Gasteiger partial charge < -0.3 is 9.42 Å². The molecule has 3 rings (SSSR count). The molecule has 6 nitrogen and oxygen atoms in total. The van der Waals surface area contributed by atoms with E-state index >= 15 is 0 Å². The van der Waals surface area contributed by atoms with Gasteiger partial charge in [0.25, 0.3) is 0 Å². The molecule has 8 heteroatoms. The molecule has 1 aliphatic rings. The van der Waals surface area contributed by atoms with Crippen molar-refractivity contribution in [2.75, 3.05) is 31.1 Å². The quantitative estimate of drug-likeness (QED) is 0.839. The lowest BCUT2D eigenvalue weighted by atomic mass is 10.3. The second-order valence-electron chi connectivity index (χ2n) is 4.95. The summed E-state index contributed by atoms with van der Waals surface area (Å²) in [5, 5.41) is 3.89. The number of hydrogen-bond acceptors (Lipinski definition) is 6. The summed E-state index contributed by atoms with van der Waals surface area (Å²) in [5.74, 6) is 1.37. The van der Waals surface area contributed by atoms with E-state index in [2.05, 4.69) is 36.0 Å². The first kappa shape index (κ1) is 14.4. The topological polar surface area (TPSA) is 58.3 Å². The van der Waals surface area contributed by atoms with E-state index in [1.165, 1.54) is 6.07 Å². The van der Waals surface area contributed by atoms with Crippen LogP contribution < -0.4 is 4.90 Å². The molecule has 0 aromatic carbocycles. The Labute approximate surface area is 130 Å². The van der Waals surface area contributed by atoms with Crippen molar-refractivity contribution >= 4 is 21.7 Å². The summed E-state index contributed by atoms with van der Waals surface area (Å²) in [6, 6.07) is 1.44. The smallest absolute Gasteiger partial charge is 0.223 e. The number of nitrogens with zero attached hydrogens (tertiary/aromatic N) is 5. The summed E-state index contributed by atoms with van der Waals surface area (Å²) in [4.78, 5) is 12.5. The highest BCUT2D eigenvalue weighted by molar-refractivity contribution is 9.10. The van der Waals surface area contributed by atoms with Gasteiger partial charge in [-0.15, -0.1) is 0 Å².